The van der Waals surface area contributed by atoms with Crippen LogP contribution in [-0.2, 0) is 6.54 Å². The molecule has 23 heavy (non-hydrogen) atoms. The van der Waals surface area contributed by atoms with E-state index in [1.807, 2.05) is 0 Å². The Labute approximate surface area is 144 Å². The molecule has 1 saturated carbocycles. The van der Waals surface area contributed by atoms with Crippen molar-refractivity contribution in [1.29, 1.82) is 0 Å². The predicted molar refractivity (Wildman–Crippen MR) is 102 cm³/mol. The summed E-state index contributed by atoms with van der Waals surface area (Å²) in [6, 6.07) is 9.03. The standard InChI is InChI=1S/C22H37N/c1-6-19-12-13-22(4,15-20(7-2)14-19)17-23(5)16-21-10-8-18(3)9-11-21/h8-11,19-20H,6-7,12-17H2,1-5H3. The van der Waals surface area contributed by atoms with Crippen molar-refractivity contribution >= 4 is 0 Å². The highest BCUT2D eigenvalue weighted by Crippen LogP contribution is 2.42. The summed E-state index contributed by atoms with van der Waals surface area (Å²) >= 11 is 0. The second-order valence-electron chi connectivity index (χ2n) is 8.50. The zero-order valence-corrected chi connectivity index (χ0v) is 16.1. The average molecular weight is 316 g/mol. The fourth-order valence-electron chi connectivity index (χ4n) is 4.56. The van der Waals surface area contributed by atoms with E-state index in [0.717, 1.165) is 18.4 Å². The molecule has 0 spiro atoms. The van der Waals surface area contributed by atoms with Gasteiger partial charge in [0.2, 0.25) is 0 Å². The van der Waals surface area contributed by atoms with Crippen LogP contribution in [0, 0.1) is 24.2 Å². The number of benzene rings is 1. The fourth-order valence-corrected chi connectivity index (χ4v) is 4.56. The summed E-state index contributed by atoms with van der Waals surface area (Å²) in [5.41, 5.74) is 3.28. The van der Waals surface area contributed by atoms with Crippen LogP contribution < -0.4 is 0 Å². The minimum absolute atomic E-state index is 0.490. The zero-order chi connectivity index (χ0) is 16.9. The maximum atomic E-state index is 2.55. The molecule has 0 saturated heterocycles. The van der Waals surface area contributed by atoms with E-state index in [1.54, 1.807) is 0 Å². The Bertz CT molecular complexity index is 463. The molecule has 2 rings (SSSR count). The summed E-state index contributed by atoms with van der Waals surface area (Å²) in [5.74, 6) is 1.89. The number of nitrogens with zero attached hydrogens (tertiary/aromatic N) is 1. The number of aryl methyl sites for hydroxylation is 1. The number of hydrogen-bond donors (Lipinski definition) is 0. The second-order valence-corrected chi connectivity index (χ2v) is 8.50. The van der Waals surface area contributed by atoms with E-state index in [0.29, 0.717) is 5.41 Å². The molecular weight excluding hydrogens is 278 g/mol. The molecule has 1 nitrogen and oxygen atoms in total. The molecule has 1 fully saturated rings. The van der Waals surface area contributed by atoms with Crippen molar-refractivity contribution in [3.05, 3.63) is 35.4 Å². The molecular formula is C22H37N. The molecule has 1 heteroatoms. The Morgan fingerprint density at radius 3 is 2.35 bits per heavy atom. The van der Waals surface area contributed by atoms with Crippen molar-refractivity contribution in [3.63, 3.8) is 0 Å². The molecule has 0 heterocycles. The van der Waals surface area contributed by atoms with E-state index in [-0.39, 0.29) is 0 Å². The third-order valence-electron chi connectivity index (χ3n) is 5.98. The van der Waals surface area contributed by atoms with Gasteiger partial charge < -0.3 is 4.90 Å². The van der Waals surface area contributed by atoms with E-state index in [1.165, 1.54) is 56.2 Å². The minimum Gasteiger partial charge on any atom is -0.302 e. The van der Waals surface area contributed by atoms with Crippen molar-refractivity contribution in [1.82, 2.24) is 4.90 Å². The molecule has 0 amide bonds. The van der Waals surface area contributed by atoms with Gasteiger partial charge >= 0.3 is 0 Å². The minimum atomic E-state index is 0.490. The largest absolute Gasteiger partial charge is 0.302 e. The predicted octanol–water partition coefficient (Wildman–Crippen LogP) is 6.06. The summed E-state index contributed by atoms with van der Waals surface area (Å²) in [4.78, 5) is 2.55. The van der Waals surface area contributed by atoms with Crippen molar-refractivity contribution in [2.75, 3.05) is 13.6 Å². The van der Waals surface area contributed by atoms with Gasteiger partial charge in [-0.05, 0) is 62.5 Å². The van der Waals surface area contributed by atoms with E-state index in [9.17, 15) is 0 Å². The van der Waals surface area contributed by atoms with Crippen LogP contribution in [0.15, 0.2) is 24.3 Å². The summed E-state index contributed by atoms with van der Waals surface area (Å²) in [6.45, 7) is 11.8. The highest BCUT2D eigenvalue weighted by molar-refractivity contribution is 5.21. The lowest BCUT2D eigenvalue weighted by Gasteiger charge is -2.35. The lowest BCUT2D eigenvalue weighted by atomic mass is 9.78. The smallest absolute Gasteiger partial charge is 0.0230 e. The lowest BCUT2D eigenvalue weighted by molar-refractivity contribution is 0.146. The summed E-state index contributed by atoms with van der Waals surface area (Å²) in [5, 5.41) is 0. The van der Waals surface area contributed by atoms with E-state index in [4.69, 9.17) is 0 Å². The monoisotopic (exact) mass is 315 g/mol. The van der Waals surface area contributed by atoms with Crippen molar-refractivity contribution in [2.24, 2.45) is 17.3 Å². The summed E-state index contributed by atoms with van der Waals surface area (Å²) in [7, 11) is 2.30. The maximum absolute atomic E-state index is 2.55. The molecule has 1 aliphatic carbocycles. The van der Waals surface area contributed by atoms with Gasteiger partial charge in [-0.25, -0.2) is 0 Å². The first-order valence-electron chi connectivity index (χ1n) is 9.68. The highest BCUT2D eigenvalue weighted by Gasteiger charge is 2.33. The Morgan fingerprint density at radius 1 is 1.09 bits per heavy atom. The fraction of sp³-hybridized carbons (Fsp3) is 0.727. The first-order chi connectivity index (χ1) is 10.9. The van der Waals surface area contributed by atoms with Gasteiger partial charge in [0.1, 0.15) is 0 Å². The average Bonchev–Trinajstić information content (AvgIpc) is 2.68. The molecule has 0 radical (unpaired) electrons. The topological polar surface area (TPSA) is 3.24 Å². The molecule has 0 N–H and O–H groups in total. The molecule has 0 bridgehead atoms. The van der Waals surface area contributed by atoms with Gasteiger partial charge in [-0.15, -0.1) is 0 Å². The molecule has 1 aromatic rings. The molecule has 1 aromatic carbocycles. The molecule has 0 aliphatic heterocycles. The quantitative estimate of drug-likeness (QED) is 0.577. The third kappa shape index (κ3) is 5.64. The summed E-state index contributed by atoms with van der Waals surface area (Å²) < 4.78 is 0. The van der Waals surface area contributed by atoms with Crippen molar-refractivity contribution in [2.45, 2.75) is 72.8 Å². The number of rotatable bonds is 6. The lowest BCUT2D eigenvalue weighted by Crippen LogP contribution is -2.34. The Hall–Kier alpha value is -0.820. The van der Waals surface area contributed by atoms with Crippen LogP contribution >= 0.6 is 0 Å². The van der Waals surface area contributed by atoms with Crippen molar-refractivity contribution < 1.29 is 0 Å². The van der Waals surface area contributed by atoms with Gasteiger partial charge in [0.15, 0.2) is 0 Å². The molecule has 3 atom stereocenters. The van der Waals surface area contributed by atoms with Crippen LogP contribution in [0.2, 0.25) is 0 Å². The Kier molecular flexibility index (Phi) is 6.71. The normalized spacial score (nSPS) is 28.8. The van der Waals surface area contributed by atoms with E-state index >= 15 is 0 Å². The van der Waals surface area contributed by atoms with E-state index in [2.05, 4.69) is 63.9 Å². The van der Waals surface area contributed by atoms with Gasteiger partial charge in [0.25, 0.3) is 0 Å². The van der Waals surface area contributed by atoms with Gasteiger partial charge in [0.05, 0.1) is 0 Å². The molecule has 3 unspecified atom stereocenters. The maximum Gasteiger partial charge on any atom is 0.0230 e. The third-order valence-corrected chi connectivity index (χ3v) is 5.98. The number of hydrogen-bond acceptors (Lipinski definition) is 1. The van der Waals surface area contributed by atoms with Crippen LogP contribution in [-0.4, -0.2) is 18.5 Å². The van der Waals surface area contributed by atoms with Crippen LogP contribution in [0.4, 0.5) is 0 Å². The second kappa shape index (κ2) is 8.33. The highest BCUT2D eigenvalue weighted by atomic mass is 15.1. The molecule has 130 valence electrons. The van der Waals surface area contributed by atoms with Gasteiger partial charge in [-0.2, -0.15) is 0 Å². The summed E-state index contributed by atoms with van der Waals surface area (Å²) in [6.07, 6.45) is 8.43. The van der Waals surface area contributed by atoms with Crippen LogP contribution in [0.1, 0.15) is 70.4 Å². The first kappa shape index (κ1) is 18.5. The SMILES string of the molecule is CCC1CCC(C)(CN(C)Cc2ccc(C)cc2)CC(CC)C1. The zero-order valence-electron chi connectivity index (χ0n) is 16.1. The van der Waals surface area contributed by atoms with Gasteiger partial charge in [0, 0.05) is 13.1 Å². The Morgan fingerprint density at radius 2 is 1.74 bits per heavy atom. The van der Waals surface area contributed by atoms with E-state index < -0.39 is 0 Å². The van der Waals surface area contributed by atoms with Gasteiger partial charge in [-0.3, -0.25) is 0 Å². The van der Waals surface area contributed by atoms with Gasteiger partial charge in [-0.1, -0.05) is 63.4 Å². The Balaban J connectivity index is 1.96. The molecule has 1 aliphatic rings. The van der Waals surface area contributed by atoms with Crippen LogP contribution in [0.3, 0.4) is 0 Å². The first-order valence-corrected chi connectivity index (χ1v) is 9.68. The van der Waals surface area contributed by atoms with Crippen molar-refractivity contribution in [3.8, 4) is 0 Å². The van der Waals surface area contributed by atoms with Crippen LogP contribution in [0.5, 0.6) is 0 Å². The molecule has 0 aromatic heterocycles. The van der Waals surface area contributed by atoms with Crippen LogP contribution in [0.25, 0.3) is 0 Å².